The van der Waals surface area contributed by atoms with Crippen molar-refractivity contribution in [3.8, 4) is 5.88 Å². The van der Waals surface area contributed by atoms with Crippen LogP contribution in [0.2, 0.25) is 0 Å². The molecule has 0 radical (unpaired) electrons. The fourth-order valence-electron chi connectivity index (χ4n) is 0.679. The molecule has 0 unspecified atom stereocenters. The summed E-state index contributed by atoms with van der Waals surface area (Å²) in [7, 11) is 1.57. The van der Waals surface area contributed by atoms with Crippen molar-refractivity contribution < 1.29 is 4.74 Å². The Morgan fingerprint density at radius 2 is 2.36 bits per heavy atom. The largest absolute Gasteiger partial charge is 0.480 e. The molecule has 0 aromatic carbocycles. The molecule has 2 nitrogen and oxygen atoms in total. The van der Waals surface area contributed by atoms with Gasteiger partial charge in [0.2, 0.25) is 5.88 Å². The maximum absolute atomic E-state index is 5.57. The van der Waals surface area contributed by atoms with E-state index in [1.165, 1.54) is 0 Å². The van der Waals surface area contributed by atoms with Gasteiger partial charge in [-0.1, -0.05) is 0 Å². The Hall–Kier alpha value is -0.280. The highest BCUT2D eigenvalue weighted by atomic mass is 79.9. The molecular weight excluding hydrogens is 229 g/mol. The van der Waals surface area contributed by atoms with Gasteiger partial charge in [0.25, 0.3) is 0 Å². The number of hydrogen-bond donors (Lipinski definition) is 0. The molecule has 0 saturated heterocycles. The van der Waals surface area contributed by atoms with Crippen molar-refractivity contribution in [3.63, 3.8) is 0 Å². The summed E-state index contributed by atoms with van der Waals surface area (Å²) in [6, 6.07) is 3.71. The molecule has 0 bridgehead atoms. The highest BCUT2D eigenvalue weighted by Gasteiger charge is 2.01. The van der Waals surface area contributed by atoms with Gasteiger partial charge < -0.3 is 4.74 Å². The minimum Gasteiger partial charge on any atom is -0.480 e. The number of methoxy groups -OCH3 is 1. The SMILES string of the molecule is COc1nc(CCl)ccc1Br. The molecule has 0 atom stereocenters. The Kier molecular flexibility index (Phi) is 3.15. The van der Waals surface area contributed by atoms with E-state index in [2.05, 4.69) is 20.9 Å². The van der Waals surface area contributed by atoms with Crippen LogP contribution in [0, 0.1) is 0 Å². The smallest absolute Gasteiger partial charge is 0.227 e. The molecule has 0 fully saturated rings. The van der Waals surface area contributed by atoms with E-state index in [-0.39, 0.29) is 0 Å². The van der Waals surface area contributed by atoms with Crippen molar-refractivity contribution in [1.82, 2.24) is 4.98 Å². The molecule has 0 saturated carbocycles. The summed E-state index contributed by atoms with van der Waals surface area (Å²) in [4.78, 5) is 4.11. The van der Waals surface area contributed by atoms with Gasteiger partial charge in [-0.2, -0.15) is 0 Å². The highest BCUT2D eigenvalue weighted by molar-refractivity contribution is 9.10. The first kappa shape index (κ1) is 8.81. The number of hydrogen-bond acceptors (Lipinski definition) is 2. The molecule has 0 aliphatic rings. The second kappa shape index (κ2) is 3.93. The van der Waals surface area contributed by atoms with E-state index in [1.807, 2.05) is 12.1 Å². The van der Waals surface area contributed by atoms with Crippen molar-refractivity contribution in [1.29, 1.82) is 0 Å². The Morgan fingerprint density at radius 3 is 2.91 bits per heavy atom. The van der Waals surface area contributed by atoms with Crippen LogP contribution in [-0.4, -0.2) is 12.1 Å². The summed E-state index contributed by atoms with van der Waals surface area (Å²) in [5.41, 5.74) is 0.812. The fraction of sp³-hybridized carbons (Fsp3) is 0.286. The lowest BCUT2D eigenvalue weighted by Crippen LogP contribution is -1.91. The Bertz CT molecular complexity index is 254. The summed E-state index contributed by atoms with van der Waals surface area (Å²) < 4.78 is 5.81. The van der Waals surface area contributed by atoms with Crippen molar-refractivity contribution in [2.75, 3.05) is 7.11 Å². The van der Waals surface area contributed by atoms with E-state index in [4.69, 9.17) is 16.3 Å². The lowest BCUT2D eigenvalue weighted by molar-refractivity contribution is 0.394. The third kappa shape index (κ3) is 2.07. The Balaban J connectivity index is 3.02. The minimum atomic E-state index is 0.406. The van der Waals surface area contributed by atoms with Gasteiger partial charge >= 0.3 is 0 Å². The third-order valence-electron chi connectivity index (χ3n) is 1.20. The van der Waals surface area contributed by atoms with Crippen LogP contribution in [0.1, 0.15) is 5.69 Å². The normalized spacial score (nSPS) is 9.73. The zero-order chi connectivity index (χ0) is 8.27. The molecule has 0 N–H and O–H groups in total. The van der Waals surface area contributed by atoms with Gasteiger partial charge in [-0.15, -0.1) is 11.6 Å². The van der Waals surface area contributed by atoms with E-state index in [0.717, 1.165) is 10.2 Å². The van der Waals surface area contributed by atoms with Crippen LogP contribution in [0.25, 0.3) is 0 Å². The number of aromatic nitrogens is 1. The first-order chi connectivity index (χ1) is 5.27. The summed E-state index contributed by atoms with van der Waals surface area (Å²) in [5, 5.41) is 0. The average Bonchev–Trinajstić information content (AvgIpc) is 2.05. The molecule has 0 amide bonds. The van der Waals surface area contributed by atoms with Gasteiger partial charge in [-0.3, -0.25) is 0 Å². The molecular formula is C7H7BrClNO. The molecule has 1 rings (SSSR count). The molecule has 4 heteroatoms. The third-order valence-corrected chi connectivity index (χ3v) is 2.08. The van der Waals surface area contributed by atoms with Gasteiger partial charge in [0.15, 0.2) is 0 Å². The van der Waals surface area contributed by atoms with Crippen molar-refractivity contribution in [2.24, 2.45) is 0 Å². The predicted octanol–water partition coefficient (Wildman–Crippen LogP) is 2.59. The number of rotatable bonds is 2. The predicted molar refractivity (Wildman–Crippen MR) is 48.0 cm³/mol. The first-order valence-corrected chi connectivity index (χ1v) is 4.36. The average molecular weight is 236 g/mol. The summed E-state index contributed by atoms with van der Waals surface area (Å²) in [5.74, 6) is 0.979. The van der Waals surface area contributed by atoms with Crippen molar-refractivity contribution in [3.05, 3.63) is 22.3 Å². The maximum atomic E-state index is 5.57. The molecule has 1 aromatic rings. The van der Waals surface area contributed by atoms with E-state index in [9.17, 15) is 0 Å². The number of ether oxygens (including phenoxy) is 1. The second-order valence-corrected chi connectivity index (χ2v) is 3.05. The van der Waals surface area contributed by atoms with E-state index in [0.29, 0.717) is 11.8 Å². The van der Waals surface area contributed by atoms with Gasteiger partial charge in [-0.25, -0.2) is 4.98 Å². The molecule has 0 aliphatic carbocycles. The van der Waals surface area contributed by atoms with Crippen LogP contribution >= 0.6 is 27.5 Å². The quantitative estimate of drug-likeness (QED) is 0.737. The standard InChI is InChI=1S/C7H7BrClNO/c1-11-7-6(8)3-2-5(4-9)10-7/h2-3H,4H2,1H3. The lowest BCUT2D eigenvalue weighted by Gasteiger charge is -2.02. The fourth-order valence-corrected chi connectivity index (χ4v) is 1.21. The Morgan fingerprint density at radius 1 is 1.64 bits per heavy atom. The molecule has 0 spiro atoms. The monoisotopic (exact) mass is 235 g/mol. The number of halogens is 2. The van der Waals surface area contributed by atoms with Crippen LogP contribution in [-0.2, 0) is 5.88 Å². The molecule has 11 heavy (non-hydrogen) atoms. The second-order valence-electron chi connectivity index (χ2n) is 1.93. The lowest BCUT2D eigenvalue weighted by atomic mass is 10.4. The molecule has 60 valence electrons. The van der Waals surface area contributed by atoms with E-state index < -0.39 is 0 Å². The van der Waals surface area contributed by atoms with Gasteiger partial charge in [0.1, 0.15) is 0 Å². The minimum absolute atomic E-state index is 0.406. The van der Waals surface area contributed by atoms with Crippen molar-refractivity contribution in [2.45, 2.75) is 5.88 Å². The Labute approximate surface area is 78.7 Å². The van der Waals surface area contributed by atoms with Gasteiger partial charge in [0.05, 0.1) is 23.2 Å². The summed E-state index contributed by atoms with van der Waals surface area (Å²) in [6.07, 6.45) is 0. The topological polar surface area (TPSA) is 22.1 Å². The van der Waals surface area contributed by atoms with Crippen LogP contribution < -0.4 is 4.74 Å². The summed E-state index contributed by atoms with van der Waals surface area (Å²) >= 11 is 8.86. The maximum Gasteiger partial charge on any atom is 0.227 e. The zero-order valence-electron chi connectivity index (χ0n) is 5.97. The zero-order valence-corrected chi connectivity index (χ0v) is 8.32. The van der Waals surface area contributed by atoms with Gasteiger partial charge in [0, 0.05) is 0 Å². The molecule has 0 aliphatic heterocycles. The van der Waals surface area contributed by atoms with Crippen LogP contribution in [0.4, 0.5) is 0 Å². The van der Waals surface area contributed by atoms with E-state index in [1.54, 1.807) is 7.11 Å². The van der Waals surface area contributed by atoms with Crippen LogP contribution in [0.3, 0.4) is 0 Å². The molecule has 1 heterocycles. The number of alkyl halides is 1. The number of nitrogens with zero attached hydrogens (tertiary/aromatic N) is 1. The molecule has 1 aromatic heterocycles. The van der Waals surface area contributed by atoms with Crippen LogP contribution in [0.15, 0.2) is 16.6 Å². The highest BCUT2D eigenvalue weighted by Crippen LogP contribution is 2.22. The van der Waals surface area contributed by atoms with Crippen molar-refractivity contribution >= 4 is 27.5 Å². The van der Waals surface area contributed by atoms with E-state index >= 15 is 0 Å². The summed E-state index contributed by atoms with van der Waals surface area (Å²) in [6.45, 7) is 0. The van der Waals surface area contributed by atoms with Gasteiger partial charge in [-0.05, 0) is 28.1 Å². The number of pyridine rings is 1. The first-order valence-electron chi connectivity index (χ1n) is 3.03. The van der Waals surface area contributed by atoms with Crippen LogP contribution in [0.5, 0.6) is 5.88 Å².